The van der Waals surface area contributed by atoms with Gasteiger partial charge in [0, 0.05) is 7.05 Å². The molecule has 16 heteroatoms. The molecule has 0 spiro atoms. The first-order valence-corrected chi connectivity index (χ1v) is 9.97. The predicted octanol–water partition coefficient (Wildman–Crippen LogP) is -0.423. The van der Waals surface area contributed by atoms with E-state index in [2.05, 4.69) is 42.4 Å². The molecule has 0 saturated carbocycles. The fourth-order valence-corrected chi connectivity index (χ4v) is 3.63. The molecule has 3 rings (SSSR count). The highest BCUT2D eigenvalue weighted by molar-refractivity contribution is 7.90. The van der Waals surface area contributed by atoms with Crippen LogP contribution in [0.25, 0.3) is 11.4 Å². The third-order valence-electron chi connectivity index (χ3n) is 3.67. The lowest BCUT2D eigenvalue weighted by molar-refractivity contribution is 0.256. The fraction of sp³-hybridized carbons (Fsp3) is 0.267. The Balaban J connectivity index is 1.85. The topological polar surface area (TPSA) is 181 Å². The Morgan fingerprint density at radius 1 is 1.26 bits per heavy atom. The number of allylic oxidation sites excluding steroid dienone is 1. The quantitative estimate of drug-likeness (QED) is 0.425. The lowest BCUT2D eigenvalue weighted by Gasteiger charge is -2.10. The minimum absolute atomic E-state index is 0.0107. The number of carbonyl (C=O) groups excluding carboxylic acids is 1. The van der Waals surface area contributed by atoms with Gasteiger partial charge in [-0.25, -0.2) is 9.52 Å². The Morgan fingerprint density at radius 3 is 2.55 bits per heavy atom. The van der Waals surface area contributed by atoms with E-state index in [1.165, 1.54) is 38.3 Å². The summed E-state index contributed by atoms with van der Waals surface area (Å²) in [7, 11) is -0.287. The normalized spacial score (nSPS) is 11.1. The first-order valence-electron chi connectivity index (χ1n) is 8.49. The monoisotopic (exact) mass is 450 g/mol. The van der Waals surface area contributed by atoms with Crippen LogP contribution in [0.1, 0.15) is 0 Å². The van der Waals surface area contributed by atoms with Crippen molar-refractivity contribution in [3.05, 3.63) is 24.9 Å². The van der Waals surface area contributed by atoms with E-state index < -0.39 is 16.1 Å². The zero-order chi connectivity index (χ0) is 22.6. The molecule has 0 aliphatic rings. The second-order valence-corrected chi connectivity index (χ2v) is 7.38. The van der Waals surface area contributed by atoms with Crippen molar-refractivity contribution in [1.82, 2.24) is 44.7 Å². The van der Waals surface area contributed by atoms with E-state index in [0.29, 0.717) is 0 Å². The Bertz CT molecular complexity index is 1200. The third kappa shape index (κ3) is 4.74. The summed E-state index contributed by atoms with van der Waals surface area (Å²) >= 11 is 0. The molecule has 164 valence electrons. The van der Waals surface area contributed by atoms with Gasteiger partial charge in [0.25, 0.3) is 10.0 Å². The molecule has 3 aromatic rings. The average Bonchev–Trinajstić information content (AvgIpc) is 3.34. The van der Waals surface area contributed by atoms with Crippen molar-refractivity contribution >= 4 is 22.0 Å². The number of sulfonamides is 1. The van der Waals surface area contributed by atoms with Crippen LogP contribution in [0.4, 0.5) is 10.7 Å². The van der Waals surface area contributed by atoms with Gasteiger partial charge in [0.2, 0.25) is 23.5 Å². The number of aryl methyl sites for hydroxylation is 1. The van der Waals surface area contributed by atoms with Gasteiger partial charge in [0.1, 0.15) is 0 Å². The van der Waals surface area contributed by atoms with E-state index in [9.17, 15) is 13.2 Å². The summed E-state index contributed by atoms with van der Waals surface area (Å²) in [6.45, 7) is 3.84. The summed E-state index contributed by atoms with van der Waals surface area (Å²) in [5.41, 5.74) is 0.0532. The van der Waals surface area contributed by atoms with Crippen LogP contribution in [-0.4, -0.2) is 68.6 Å². The van der Waals surface area contributed by atoms with Gasteiger partial charge in [-0.3, -0.25) is 10.00 Å². The second-order valence-electron chi connectivity index (χ2n) is 5.78. The van der Waals surface area contributed by atoms with Crippen LogP contribution in [-0.2, 0) is 23.6 Å². The van der Waals surface area contributed by atoms with Crippen molar-refractivity contribution in [2.75, 3.05) is 19.5 Å². The van der Waals surface area contributed by atoms with Gasteiger partial charge < -0.3 is 9.47 Å². The summed E-state index contributed by atoms with van der Waals surface area (Å²) in [6.07, 6.45) is 2.80. The van der Waals surface area contributed by atoms with Crippen LogP contribution >= 0.6 is 0 Å². The Kier molecular flexibility index (Phi) is 6.10. The number of ether oxygens (including phenoxy) is 2. The molecule has 0 aliphatic heterocycles. The maximum absolute atomic E-state index is 12.9. The van der Waals surface area contributed by atoms with Crippen molar-refractivity contribution in [1.29, 1.82) is 0 Å². The number of nitrogens with one attached hydrogen (secondary N) is 2. The first kappa shape index (κ1) is 21.6. The number of nitrogens with zero attached hydrogens (tertiary/aromatic N) is 8. The number of rotatable bonds is 8. The van der Waals surface area contributed by atoms with Crippen LogP contribution in [0.2, 0.25) is 0 Å². The zero-order valence-electron chi connectivity index (χ0n) is 16.7. The van der Waals surface area contributed by atoms with Crippen LogP contribution in [0.5, 0.6) is 11.8 Å². The molecule has 2 N–H and O–H groups in total. The first-order chi connectivity index (χ1) is 14.8. The molecule has 31 heavy (non-hydrogen) atoms. The Hall–Kier alpha value is -4.08. The van der Waals surface area contributed by atoms with E-state index in [0.717, 1.165) is 4.68 Å². The zero-order valence-corrected chi connectivity index (χ0v) is 17.5. The Labute approximate surface area is 176 Å². The van der Waals surface area contributed by atoms with E-state index in [-0.39, 0.29) is 40.7 Å². The highest BCUT2D eigenvalue weighted by Gasteiger charge is 2.29. The SMILES string of the molecule is C=CCn1nnc(-c2cnn(C)c2S(=O)(=O)NC(=O)Nc2nc(OC)cc(OC)n2)n1. The number of anilines is 1. The molecule has 3 aromatic heterocycles. The lowest BCUT2D eigenvalue weighted by atomic mass is 10.3. The minimum Gasteiger partial charge on any atom is -0.481 e. The summed E-state index contributed by atoms with van der Waals surface area (Å²) in [4.78, 5) is 21.3. The molecular weight excluding hydrogens is 432 g/mol. The number of aromatic nitrogens is 8. The van der Waals surface area contributed by atoms with Crippen LogP contribution in [0, 0.1) is 0 Å². The number of carbonyl (C=O) groups is 1. The maximum Gasteiger partial charge on any atom is 0.335 e. The van der Waals surface area contributed by atoms with Crippen molar-refractivity contribution in [3.63, 3.8) is 0 Å². The molecule has 3 heterocycles. The van der Waals surface area contributed by atoms with E-state index in [4.69, 9.17) is 9.47 Å². The number of hydrogen-bond acceptors (Lipinski definition) is 11. The van der Waals surface area contributed by atoms with Gasteiger partial charge in [-0.05, 0) is 5.21 Å². The van der Waals surface area contributed by atoms with E-state index in [1.807, 2.05) is 4.72 Å². The average molecular weight is 450 g/mol. The second kappa shape index (κ2) is 8.74. The number of urea groups is 1. The molecule has 0 unspecified atom stereocenters. The van der Waals surface area contributed by atoms with Gasteiger partial charge >= 0.3 is 6.03 Å². The number of amides is 2. The number of tetrazole rings is 1. The molecule has 0 aromatic carbocycles. The molecule has 0 saturated heterocycles. The molecule has 2 amide bonds. The standard InChI is InChI=1S/C15H18N10O5S/c1-5-6-25-21-12(20-23-25)9-8-16-24(2)13(9)31(27,28)22-15(26)19-14-17-10(29-3)7-11(18-14)30-4/h5,7-8H,1,6H2,2-4H3,(H2,17,18,19,22,26). The van der Waals surface area contributed by atoms with Crippen LogP contribution in [0.3, 0.4) is 0 Å². The van der Waals surface area contributed by atoms with Crippen molar-refractivity contribution in [3.8, 4) is 23.1 Å². The Morgan fingerprint density at radius 2 is 1.94 bits per heavy atom. The molecule has 0 atom stereocenters. The largest absolute Gasteiger partial charge is 0.481 e. The predicted molar refractivity (Wildman–Crippen MR) is 105 cm³/mol. The van der Waals surface area contributed by atoms with Crippen molar-refractivity contribution in [2.24, 2.45) is 7.05 Å². The van der Waals surface area contributed by atoms with Gasteiger partial charge in [-0.15, -0.1) is 16.8 Å². The van der Waals surface area contributed by atoms with Gasteiger partial charge in [0.15, 0.2) is 5.03 Å². The number of methoxy groups -OCH3 is 2. The van der Waals surface area contributed by atoms with E-state index in [1.54, 1.807) is 6.08 Å². The summed E-state index contributed by atoms with van der Waals surface area (Å²) in [5, 5.41) is 17.5. The summed E-state index contributed by atoms with van der Waals surface area (Å²) < 4.78 is 38.6. The highest BCUT2D eigenvalue weighted by atomic mass is 32.2. The maximum atomic E-state index is 12.9. The molecular formula is C15H18N10O5S. The minimum atomic E-state index is -4.40. The molecule has 0 radical (unpaired) electrons. The highest BCUT2D eigenvalue weighted by Crippen LogP contribution is 2.23. The lowest BCUT2D eigenvalue weighted by Crippen LogP contribution is -2.36. The molecule has 15 nitrogen and oxygen atoms in total. The van der Waals surface area contributed by atoms with Gasteiger partial charge in [0.05, 0.1) is 38.6 Å². The van der Waals surface area contributed by atoms with Crippen molar-refractivity contribution < 1.29 is 22.7 Å². The van der Waals surface area contributed by atoms with E-state index >= 15 is 0 Å². The summed E-state index contributed by atoms with van der Waals surface area (Å²) in [6, 6.07) is 0.264. The van der Waals surface area contributed by atoms with Crippen LogP contribution < -0.4 is 19.5 Å². The van der Waals surface area contributed by atoms with Crippen molar-refractivity contribution in [2.45, 2.75) is 11.6 Å². The molecule has 0 aliphatic carbocycles. The number of hydrogen-bond donors (Lipinski definition) is 2. The molecule has 0 fully saturated rings. The smallest absolute Gasteiger partial charge is 0.335 e. The molecule has 0 bridgehead atoms. The summed E-state index contributed by atoms with van der Waals surface area (Å²) in [5.74, 6) is -0.0139. The fourth-order valence-electron chi connectivity index (χ4n) is 2.41. The van der Waals surface area contributed by atoms with Gasteiger partial charge in [-0.2, -0.15) is 28.3 Å². The third-order valence-corrected chi connectivity index (χ3v) is 5.12. The van der Waals surface area contributed by atoms with Gasteiger partial charge in [-0.1, -0.05) is 6.08 Å². The van der Waals surface area contributed by atoms with Crippen LogP contribution in [0.15, 0.2) is 29.9 Å².